The predicted octanol–water partition coefficient (Wildman–Crippen LogP) is 1.25. The van der Waals surface area contributed by atoms with Crippen molar-refractivity contribution in [3.05, 3.63) is 29.9 Å². The molecule has 1 N–H and O–H groups in total. The molecule has 1 aromatic carbocycles. The van der Waals surface area contributed by atoms with E-state index in [0.717, 1.165) is 4.31 Å². The lowest BCUT2D eigenvalue weighted by Crippen LogP contribution is -2.22. The summed E-state index contributed by atoms with van der Waals surface area (Å²) in [6, 6.07) is 4.60. The highest BCUT2D eigenvalue weighted by molar-refractivity contribution is 7.89. The lowest BCUT2D eigenvalue weighted by atomic mass is 10.3. The smallest absolute Gasteiger partial charge is 0.245 e. The van der Waals surface area contributed by atoms with Gasteiger partial charge in [-0.05, 0) is 25.1 Å². The van der Waals surface area contributed by atoms with Crippen LogP contribution in [-0.4, -0.2) is 44.1 Å². The van der Waals surface area contributed by atoms with E-state index in [1.807, 2.05) is 0 Å². The van der Waals surface area contributed by atoms with E-state index in [4.69, 9.17) is 9.26 Å². The Labute approximate surface area is 129 Å². The molecule has 8 nitrogen and oxygen atoms in total. The van der Waals surface area contributed by atoms with Crippen LogP contribution >= 0.6 is 0 Å². The maximum absolute atomic E-state index is 12.2. The second-order valence-electron chi connectivity index (χ2n) is 4.74. The third-order valence-electron chi connectivity index (χ3n) is 2.95. The van der Waals surface area contributed by atoms with Crippen molar-refractivity contribution in [1.29, 1.82) is 0 Å². The maximum Gasteiger partial charge on any atom is 0.245 e. The zero-order chi connectivity index (χ0) is 16.3. The van der Waals surface area contributed by atoms with Gasteiger partial charge in [-0.1, -0.05) is 5.16 Å². The zero-order valence-electron chi connectivity index (χ0n) is 12.8. The lowest BCUT2D eigenvalue weighted by molar-refractivity contribution is 0.379. The third kappa shape index (κ3) is 3.37. The van der Waals surface area contributed by atoms with E-state index in [-0.39, 0.29) is 11.4 Å². The molecule has 1 aromatic heterocycles. The molecular formula is C13H18N4O4S. The molecule has 22 heavy (non-hydrogen) atoms. The molecule has 0 unspecified atom stereocenters. The quantitative estimate of drug-likeness (QED) is 0.853. The number of nitrogens with zero attached hydrogens (tertiary/aromatic N) is 3. The molecule has 120 valence electrons. The summed E-state index contributed by atoms with van der Waals surface area (Å²) in [5.41, 5.74) is 0.529. The van der Waals surface area contributed by atoms with Crippen molar-refractivity contribution in [2.45, 2.75) is 18.4 Å². The van der Waals surface area contributed by atoms with E-state index >= 15 is 0 Å². The van der Waals surface area contributed by atoms with Crippen molar-refractivity contribution in [1.82, 2.24) is 14.4 Å². The van der Waals surface area contributed by atoms with Crippen LogP contribution in [0.4, 0.5) is 5.69 Å². The number of methoxy groups -OCH3 is 1. The molecule has 0 aliphatic heterocycles. The van der Waals surface area contributed by atoms with Gasteiger partial charge in [-0.3, -0.25) is 0 Å². The Hall–Kier alpha value is -2.13. The number of aryl methyl sites for hydroxylation is 1. The molecular weight excluding hydrogens is 308 g/mol. The van der Waals surface area contributed by atoms with Gasteiger partial charge in [0, 0.05) is 14.1 Å². The van der Waals surface area contributed by atoms with E-state index in [2.05, 4.69) is 15.5 Å². The normalized spacial score (nSPS) is 11.7. The summed E-state index contributed by atoms with van der Waals surface area (Å²) in [6.45, 7) is 1.99. The van der Waals surface area contributed by atoms with Crippen LogP contribution in [0.2, 0.25) is 0 Å². The van der Waals surface area contributed by atoms with Crippen LogP contribution in [0, 0.1) is 6.92 Å². The lowest BCUT2D eigenvalue weighted by Gasteiger charge is -2.15. The number of sulfonamides is 1. The van der Waals surface area contributed by atoms with Gasteiger partial charge in [0.1, 0.15) is 5.75 Å². The number of anilines is 1. The fourth-order valence-electron chi connectivity index (χ4n) is 1.78. The fraction of sp³-hybridized carbons (Fsp3) is 0.385. The summed E-state index contributed by atoms with van der Waals surface area (Å²) in [6.07, 6.45) is 0. The number of aromatic nitrogens is 2. The largest absolute Gasteiger partial charge is 0.495 e. The molecule has 0 atom stereocenters. The summed E-state index contributed by atoms with van der Waals surface area (Å²) < 4.78 is 35.7. The first kappa shape index (κ1) is 16.2. The van der Waals surface area contributed by atoms with E-state index in [1.165, 1.54) is 33.3 Å². The van der Waals surface area contributed by atoms with Gasteiger partial charge in [0.25, 0.3) is 0 Å². The van der Waals surface area contributed by atoms with Crippen LogP contribution in [-0.2, 0) is 16.6 Å². The molecule has 9 heteroatoms. The van der Waals surface area contributed by atoms with E-state index in [1.54, 1.807) is 13.0 Å². The minimum atomic E-state index is -3.52. The Bertz CT molecular complexity index is 755. The SMILES string of the molecule is COc1ccc(S(=O)(=O)N(C)C)cc1NCc1nc(C)no1. The van der Waals surface area contributed by atoms with Gasteiger partial charge in [-0.2, -0.15) is 4.98 Å². The Morgan fingerprint density at radius 2 is 2.09 bits per heavy atom. The summed E-state index contributed by atoms with van der Waals surface area (Å²) in [4.78, 5) is 4.24. The van der Waals surface area contributed by atoms with Gasteiger partial charge in [-0.15, -0.1) is 0 Å². The Kier molecular flexibility index (Phi) is 4.67. The Morgan fingerprint density at radius 3 is 2.64 bits per heavy atom. The first-order chi connectivity index (χ1) is 10.3. The molecule has 0 bridgehead atoms. The summed E-state index contributed by atoms with van der Waals surface area (Å²) >= 11 is 0. The first-order valence-corrected chi connectivity index (χ1v) is 7.92. The van der Waals surface area contributed by atoms with Crippen LogP contribution in [0.5, 0.6) is 5.75 Å². The van der Waals surface area contributed by atoms with Crippen molar-refractivity contribution in [3.8, 4) is 5.75 Å². The van der Waals surface area contributed by atoms with Crippen molar-refractivity contribution >= 4 is 15.7 Å². The van der Waals surface area contributed by atoms with Gasteiger partial charge in [0.05, 0.1) is 24.2 Å². The molecule has 2 aromatic rings. The van der Waals surface area contributed by atoms with Gasteiger partial charge in [-0.25, -0.2) is 12.7 Å². The average molecular weight is 326 g/mol. The van der Waals surface area contributed by atoms with Crippen LogP contribution in [0.3, 0.4) is 0 Å². The molecule has 0 aliphatic carbocycles. The summed E-state index contributed by atoms with van der Waals surface area (Å²) in [7, 11) is 0.955. The van der Waals surface area contributed by atoms with Crippen molar-refractivity contribution in [2.75, 3.05) is 26.5 Å². The van der Waals surface area contributed by atoms with Gasteiger partial charge in [0.15, 0.2) is 5.82 Å². The van der Waals surface area contributed by atoms with Crippen LogP contribution in [0.1, 0.15) is 11.7 Å². The molecule has 2 rings (SSSR count). The van der Waals surface area contributed by atoms with Crippen molar-refractivity contribution < 1.29 is 17.7 Å². The first-order valence-electron chi connectivity index (χ1n) is 6.48. The second-order valence-corrected chi connectivity index (χ2v) is 6.89. The monoisotopic (exact) mass is 326 g/mol. The molecule has 0 fully saturated rings. The maximum atomic E-state index is 12.2. The number of hydrogen-bond acceptors (Lipinski definition) is 7. The number of benzene rings is 1. The molecule has 0 saturated heterocycles. The number of nitrogens with one attached hydrogen (secondary N) is 1. The topological polar surface area (TPSA) is 97.6 Å². The van der Waals surface area contributed by atoms with E-state index in [0.29, 0.717) is 23.2 Å². The van der Waals surface area contributed by atoms with E-state index in [9.17, 15) is 8.42 Å². The molecule has 1 heterocycles. The zero-order valence-corrected chi connectivity index (χ0v) is 13.6. The standard InChI is InChI=1S/C13H18N4O4S/c1-9-15-13(21-16-9)8-14-11-7-10(5-6-12(11)20-4)22(18,19)17(2)3/h5-7,14H,8H2,1-4H3. The molecule has 0 radical (unpaired) electrons. The second kappa shape index (κ2) is 6.32. The number of hydrogen-bond donors (Lipinski definition) is 1. The third-order valence-corrected chi connectivity index (χ3v) is 4.76. The highest BCUT2D eigenvalue weighted by Gasteiger charge is 2.19. The Morgan fingerprint density at radius 1 is 1.36 bits per heavy atom. The average Bonchev–Trinajstić information content (AvgIpc) is 2.90. The summed E-state index contributed by atoms with van der Waals surface area (Å²) in [5, 5.41) is 6.73. The number of ether oxygens (including phenoxy) is 1. The Balaban J connectivity index is 2.28. The van der Waals surface area contributed by atoms with Crippen molar-refractivity contribution in [3.63, 3.8) is 0 Å². The van der Waals surface area contributed by atoms with Crippen LogP contribution < -0.4 is 10.1 Å². The molecule has 0 saturated carbocycles. The summed E-state index contributed by atoms with van der Waals surface area (Å²) in [5.74, 6) is 1.46. The highest BCUT2D eigenvalue weighted by Crippen LogP contribution is 2.28. The highest BCUT2D eigenvalue weighted by atomic mass is 32.2. The van der Waals surface area contributed by atoms with Gasteiger partial charge in [0.2, 0.25) is 15.9 Å². The van der Waals surface area contributed by atoms with E-state index < -0.39 is 10.0 Å². The molecule has 0 amide bonds. The van der Waals surface area contributed by atoms with Crippen LogP contribution in [0.15, 0.2) is 27.6 Å². The minimum absolute atomic E-state index is 0.169. The number of rotatable bonds is 6. The van der Waals surface area contributed by atoms with Gasteiger partial charge < -0.3 is 14.6 Å². The molecule has 0 aliphatic rings. The molecule has 0 spiro atoms. The van der Waals surface area contributed by atoms with Gasteiger partial charge >= 0.3 is 0 Å². The predicted molar refractivity (Wildman–Crippen MR) is 80.2 cm³/mol. The fourth-order valence-corrected chi connectivity index (χ4v) is 2.71. The minimum Gasteiger partial charge on any atom is -0.495 e. The van der Waals surface area contributed by atoms with Crippen molar-refractivity contribution in [2.24, 2.45) is 0 Å². The van der Waals surface area contributed by atoms with Crippen LogP contribution in [0.25, 0.3) is 0 Å².